The van der Waals surface area contributed by atoms with Gasteiger partial charge in [0.05, 0.1) is 11.1 Å². The number of fused-ring (bicyclic) bond motifs is 1. The van der Waals surface area contributed by atoms with Crippen molar-refractivity contribution in [3.63, 3.8) is 0 Å². The highest BCUT2D eigenvalue weighted by atomic mass is 16.2. The molecule has 1 aromatic rings. The van der Waals surface area contributed by atoms with E-state index in [4.69, 9.17) is 0 Å². The van der Waals surface area contributed by atoms with Crippen molar-refractivity contribution < 1.29 is 19.2 Å². The van der Waals surface area contributed by atoms with Gasteiger partial charge in [-0.15, -0.1) is 0 Å². The summed E-state index contributed by atoms with van der Waals surface area (Å²) in [6.07, 6.45) is 5.23. The average Bonchev–Trinajstić information content (AvgIpc) is 2.91. The number of hydrogen-bond donors (Lipinski definition) is 2. The van der Waals surface area contributed by atoms with E-state index in [2.05, 4.69) is 10.6 Å². The third kappa shape index (κ3) is 3.92. The van der Waals surface area contributed by atoms with Gasteiger partial charge >= 0.3 is 0 Å². The highest BCUT2D eigenvalue weighted by Crippen LogP contribution is 2.23. The normalized spacial score (nSPS) is 17.2. The number of benzene rings is 1. The Labute approximate surface area is 152 Å². The van der Waals surface area contributed by atoms with Crippen molar-refractivity contribution in [1.82, 2.24) is 15.5 Å². The van der Waals surface area contributed by atoms with E-state index in [0.29, 0.717) is 17.7 Å². The van der Waals surface area contributed by atoms with Gasteiger partial charge in [-0.25, -0.2) is 0 Å². The molecule has 26 heavy (non-hydrogen) atoms. The molecule has 4 amide bonds. The minimum atomic E-state index is -0.452. The van der Waals surface area contributed by atoms with Gasteiger partial charge in [0.25, 0.3) is 11.8 Å². The Morgan fingerprint density at radius 1 is 0.923 bits per heavy atom. The minimum absolute atomic E-state index is 0.0410. The SMILES string of the molecule is O=C(CN1C(=O)c2ccccc2C1=O)NCCNC(=O)C1CCCCC1. The van der Waals surface area contributed by atoms with Crippen LogP contribution in [0.3, 0.4) is 0 Å². The van der Waals surface area contributed by atoms with Crippen molar-refractivity contribution in [3.05, 3.63) is 35.4 Å². The van der Waals surface area contributed by atoms with E-state index in [9.17, 15) is 19.2 Å². The summed E-state index contributed by atoms with van der Waals surface area (Å²) in [5, 5.41) is 5.47. The molecule has 0 bridgehead atoms. The van der Waals surface area contributed by atoms with Crippen molar-refractivity contribution >= 4 is 23.6 Å². The molecule has 0 aromatic heterocycles. The van der Waals surface area contributed by atoms with Crippen molar-refractivity contribution in [1.29, 1.82) is 0 Å². The number of rotatable bonds is 6. The van der Waals surface area contributed by atoms with Crippen LogP contribution < -0.4 is 10.6 Å². The van der Waals surface area contributed by atoms with Crippen LogP contribution in [0.2, 0.25) is 0 Å². The molecule has 1 aromatic carbocycles. The van der Waals surface area contributed by atoms with E-state index < -0.39 is 17.7 Å². The molecule has 0 atom stereocenters. The maximum absolute atomic E-state index is 12.2. The van der Waals surface area contributed by atoms with Gasteiger partial charge in [-0.1, -0.05) is 31.4 Å². The molecule has 2 N–H and O–H groups in total. The predicted molar refractivity (Wildman–Crippen MR) is 94.4 cm³/mol. The molecule has 0 spiro atoms. The first kappa shape index (κ1) is 18.1. The fourth-order valence-electron chi connectivity index (χ4n) is 3.48. The molecular weight excluding hydrogens is 334 g/mol. The number of hydrogen-bond acceptors (Lipinski definition) is 4. The minimum Gasteiger partial charge on any atom is -0.354 e. The summed E-state index contributed by atoms with van der Waals surface area (Å²) in [7, 11) is 0. The lowest BCUT2D eigenvalue weighted by atomic mass is 9.89. The van der Waals surface area contributed by atoms with Crippen LogP contribution in [0.15, 0.2) is 24.3 Å². The number of carbonyl (C=O) groups excluding carboxylic acids is 4. The largest absolute Gasteiger partial charge is 0.354 e. The Hall–Kier alpha value is -2.70. The number of imide groups is 1. The molecule has 7 nitrogen and oxygen atoms in total. The number of amides is 4. The Kier molecular flexibility index (Phi) is 5.65. The van der Waals surface area contributed by atoms with E-state index in [1.165, 1.54) is 6.42 Å². The van der Waals surface area contributed by atoms with Gasteiger partial charge in [0.1, 0.15) is 6.54 Å². The third-order valence-corrected chi connectivity index (χ3v) is 4.90. The molecule has 0 radical (unpaired) electrons. The van der Waals surface area contributed by atoms with Crippen LogP contribution in [-0.2, 0) is 9.59 Å². The van der Waals surface area contributed by atoms with E-state index >= 15 is 0 Å². The molecule has 1 heterocycles. The fraction of sp³-hybridized carbons (Fsp3) is 0.474. The fourth-order valence-corrected chi connectivity index (χ4v) is 3.48. The van der Waals surface area contributed by atoms with Crippen LogP contribution in [0.4, 0.5) is 0 Å². The van der Waals surface area contributed by atoms with Crippen molar-refractivity contribution in [2.45, 2.75) is 32.1 Å². The second-order valence-electron chi connectivity index (χ2n) is 6.72. The van der Waals surface area contributed by atoms with Crippen LogP contribution in [0.5, 0.6) is 0 Å². The number of carbonyl (C=O) groups is 4. The summed E-state index contributed by atoms with van der Waals surface area (Å²) in [6, 6.07) is 6.52. The zero-order valence-corrected chi connectivity index (χ0v) is 14.6. The summed E-state index contributed by atoms with van der Waals surface area (Å²) < 4.78 is 0. The molecule has 7 heteroatoms. The van der Waals surface area contributed by atoms with Gasteiger partial charge < -0.3 is 10.6 Å². The lowest BCUT2D eigenvalue weighted by Crippen LogP contribution is -2.43. The lowest BCUT2D eigenvalue weighted by Gasteiger charge is -2.20. The average molecular weight is 357 g/mol. The molecule has 2 aliphatic rings. The quantitative estimate of drug-likeness (QED) is 0.589. The van der Waals surface area contributed by atoms with Gasteiger partial charge in [0.15, 0.2) is 0 Å². The summed E-state index contributed by atoms with van der Waals surface area (Å²) >= 11 is 0. The molecule has 138 valence electrons. The van der Waals surface area contributed by atoms with Gasteiger partial charge in [-0.05, 0) is 25.0 Å². The van der Waals surface area contributed by atoms with Crippen molar-refractivity contribution in [3.8, 4) is 0 Å². The standard InChI is InChI=1S/C19H23N3O4/c23-16(20-10-11-21-17(24)13-6-2-1-3-7-13)12-22-18(25)14-8-4-5-9-15(14)19(22)26/h4-5,8-9,13H,1-3,6-7,10-12H2,(H,20,23)(H,21,24). The Morgan fingerprint density at radius 3 is 2.12 bits per heavy atom. The number of nitrogens with zero attached hydrogens (tertiary/aromatic N) is 1. The van der Waals surface area contributed by atoms with E-state index in [-0.39, 0.29) is 24.9 Å². The van der Waals surface area contributed by atoms with Crippen LogP contribution >= 0.6 is 0 Å². The first-order valence-corrected chi connectivity index (χ1v) is 9.07. The van der Waals surface area contributed by atoms with E-state index in [1.54, 1.807) is 24.3 Å². The maximum Gasteiger partial charge on any atom is 0.262 e. The first-order valence-electron chi connectivity index (χ1n) is 9.07. The van der Waals surface area contributed by atoms with Gasteiger partial charge in [0.2, 0.25) is 11.8 Å². The summed E-state index contributed by atoms with van der Waals surface area (Å²) in [4.78, 5) is 49.4. The Morgan fingerprint density at radius 2 is 1.50 bits per heavy atom. The first-order chi connectivity index (χ1) is 12.6. The van der Waals surface area contributed by atoms with Crippen LogP contribution in [0, 0.1) is 5.92 Å². The molecule has 0 saturated heterocycles. The topological polar surface area (TPSA) is 95.6 Å². The van der Waals surface area contributed by atoms with Crippen molar-refractivity contribution in [2.24, 2.45) is 5.92 Å². The summed E-state index contributed by atoms with van der Waals surface area (Å²) in [5.74, 6) is -1.21. The molecule has 3 rings (SSSR count). The van der Waals surface area contributed by atoms with Gasteiger partial charge in [0, 0.05) is 19.0 Å². The van der Waals surface area contributed by atoms with Crippen molar-refractivity contribution in [2.75, 3.05) is 19.6 Å². The summed E-state index contributed by atoms with van der Waals surface area (Å²) in [5.41, 5.74) is 0.648. The zero-order chi connectivity index (χ0) is 18.5. The lowest BCUT2D eigenvalue weighted by molar-refractivity contribution is -0.126. The van der Waals surface area contributed by atoms with Crippen LogP contribution in [0.25, 0.3) is 0 Å². The Bertz CT molecular complexity index is 690. The molecule has 1 fully saturated rings. The molecule has 1 aliphatic carbocycles. The highest BCUT2D eigenvalue weighted by Gasteiger charge is 2.36. The molecule has 0 unspecified atom stereocenters. The summed E-state index contributed by atoms with van der Waals surface area (Å²) in [6.45, 7) is 0.284. The molecular formula is C19H23N3O4. The smallest absolute Gasteiger partial charge is 0.262 e. The van der Waals surface area contributed by atoms with Gasteiger partial charge in [-0.2, -0.15) is 0 Å². The molecule has 1 saturated carbocycles. The van der Waals surface area contributed by atoms with Gasteiger partial charge in [-0.3, -0.25) is 24.1 Å². The van der Waals surface area contributed by atoms with E-state index in [0.717, 1.165) is 30.6 Å². The third-order valence-electron chi connectivity index (χ3n) is 4.90. The zero-order valence-electron chi connectivity index (χ0n) is 14.6. The van der Waals surface area contributed by atoms with Crippen LogP contribution in [0.1, 0.15) is 52.8 Å². The maximum atomic E-state index is 12.2. The number of nitrogens with one attached hydrogen (secondary N) is 2. The Balaban J connectivity index is 1.40. The van der Waals surface area contributed by atoms with E-state index in [1.807, 2.05) is 0 Å². The molecule has 1 aliphatic heterocycles. The predicted octanol–water partition coefficient (Wildman–Crippen LogP) is 1.10. The van der Waals surface area contributed by atoms with Crippen LogP contribution in [-0.4, -0.2) is 48.2 Å². The monoisotopic (exact) mass is 357 g/mol. The second-order valence-corrected chi connectivity index (χ2v) is 6.72. The highest BCUT2D eigenvalue weighted by molar-refractivity contribution is 6.22. The second kappa shape index (κ2) is 8.12.